The van der Waals surface area contributed by atoms with E-state index < -0.39 is 0 Å². The number of hydrogen-bond donors (Lipinski definition) is 2. The fourth-order valence-electron chi connectivity index (χ4n) is 3.48. The third-order valence-corrected chi connectivity index (χ3v) is 5.05. The molecule has 5 heteroatoms. The van der Waals surface area contributed by atoms with Crippen LogP contribution in [0.2, 0.25) is 0 Å². The van der Waals surface area contributed by atoms with Crippen LogP contribution in [0.15, 0.2) is 53.5 Å². The molecule has 1 atom stereocenters. The van der Waals surface area contributed by atoms with E-state index >= 15 is 0 Å². The number of ether oxygens (including phenoxy) is 1. The van der Waals surface area contributed by atoms with Crippen LogP contribution < -0.4 is 20.3 Å². The average Bonchev–Trinajstić information content (AvgIpc) is 3.17. The number of hydrogen-bond acceptors (Lipinski definition) is 3. The first-order chi connectivity index (χ1) is 13.2. The number of guanidine groups is 1. The molecule has 1 unspecified atom stereocenters. The number of anilines is 1. The van der Waals surface area contributed by atoms with Crippen molar-refractivity contribution in [3.8, 4) is 5.75 Å². The highest BCUT2D eigenvalue weighted by molar-refractivity contribution is 5.80. The van der Waals surface area contributed by atoms with E-state index in [9.17, 15) is 0 Å². The molecule has 1 fully saturated rings. The molecule has 3 rings (SSSR count). The summed E-state index contributed by atoms with van der Waals surface area (Å²) in [6.07, 6.45) is 2.04. The third-order valence-electron chi connectivity index (χ3n) is 5.05. The first kappa shape index (κ1) is 19.1. The Morgan fingerprint density at radius 1 is 1.22 bits per heavy atom. The summed E-state index contributed by atoms with van der Waals surface area (Å²) in [5, 5.41) is 6.99. The second kappa shape index (κ2) is 9.31. The minimum atomic E-state index is 0.413. The zero-order chi connectivity index (χ0) is 19.1. The minimum absolute atomic E-state index is 0.413. The molecule has 2 aromatic rings. The maximum atomic E-state index is 5.41. The molecule has 1 aliphatic rings. The molecule has 0 radical (unpaired) electrons. The van der Waals surface area contributed by atoms with E-state index in [1.807, 2.05) is 7.05 Å². The fraction of sp³-hybridized carbons (Fsp3) is 0.409. The van der Waals surface area contributed by atoms with E-state index in [-0.39, 0.29) is 0 Å². The van der Waals surface area contributed by atoms with Crippen molar-refractivity contribution < 1.29 is 4.74 Å². The number of nitrogens with one attached hydrogen (secondary N) is 2. The largest absolute Gasteiger partial charge is 0.496 e. The van der Waals surface area contributed by atoms with Gasteiger partial charge >= 0.3 is 0 Å². The van der Waals surface area contributed by atoms with Gasteiger partial charge in [0.1, 0.15) is 5.75 Å². The topological polar surface area (TPSA) is 48.9 Å². The summed E-state index contributed by atoms with van der Waals surface area (Å²) in [6.45, 7) is 4.97. The lowest BCUT2D eigenvalue weighted by Gasteiger charge is -2.20. The second-order valence-corrected chi connectivity index (χ2v) is 6.96. The molecule has 0 saturated carbocycles. The van der Waals surface area contributed by atoms with E-state index in [0.29, 0.717) is 6.04 Å². The summed E-state index contributed by atoms with van der Waals surface area (Å²) >= 11 is 0. The number of aryl methyl sites for hydroxylation is 1. The molecule has 0 aliphatic carbocycles. The highest BCUT2D eigenvalue weighted by atomic mass is 16.5. The predicted octanol–water partition coefficient (Wildman–Crippen LogP) is 2.99. The molecule has 2 N–H and O–H groups in total. The Hall–Kier alpha value is -2.69. The van der Waals surface area contributed by atoms with E-state index in [4.69, 9.17) is 4.74 Å². The van der Waals surface area contributed by atoms with Crippen molar-refractivity contribution in [2.45, 2.75) is 25.8 Å². The lowest BCUT2D eigenvalue weighted by atomic mass is 10.1. The van der Waals surface area contributed by atoms with E-state index in [1.54, 1.807) is 7.11 Å². The molecule has 1 heterocycles. The molecule has 2 aromatic carbocycles. The highest BCUT2D eigenvalue weighted by Crippen LogP contribution is 2.20. The summed E-state index contributed by atoms with van der Waals surface area (Å²) in [5.41, 5.74) is 3.71. The van der Waals surface area contributed by atoms with Crippen molar-refractivity contribution in [1.29, 1.82) is 0 Å². The smallest absolute Gasteiger partial charge is 0.191 e. The van der Waals surface area contributed by atoms with Crippen LogP contribution in [0, 0.1) is 6.92 Å². The van der Waals surface area contributed by atoms with Crippen LogP contribution in [0.4, 0.5) is 5.69 Å². The lowest BCUT2D eigenvalue weighted by molar-refractivity contribution is 0.411. The second-order valence-electron chi connectivity index (χ2n) is 6.96. The molecule has 27 heavy (non-hydrogen) atoms. The zero-order valence-electron chi connectivity index (χ0n) is 16.5. The minimum Gasteiger partial charge on any atom is -0.496 e. The predicted molar refractivity (Wildman–Crippen MR) is 113 cm³/mol. The highest BCUT2D eigenvalue weighted by Gasteiger charge is 2.23. The van der Waals surface area contributed by atoms with Crippen LogP contribution in [-0.2, 0) is 6.42 Å². The molecular weight excluding hydrogens is 336 g/mol. The van der Waals surface area contributed by atoms with E-state index in [2.05, 4.69) is 76.0 Å². The molecule has 144 valence electrons. The average molecular weight is 367 g/mol. The van der Waals surface area contributed by atoms with Gasteiger partial charge in [0.25, 0.3) is 0 Å². The van der Waals surface area contributed by atoms with Crippen LogP contribution in [0.25, 0.3) is 0 Å². The van der Waals surface area contributed by atoms with Gasteiger partial charge in [0.15, 0.2) is 5.96 Å². The number of para-hydroxylation sites is 1. The van der Waals surface area contributed by atoms with Gasteiger partial charge < -0.3 is 20.3 Å². The number of benzene rings is 2. The lowest BCUT2D eigenvalue weighted by Crippen LogP contribution is -2.45. The van der Waals surface area contributed by atoms with Gasteiger partial charge in [-0.3, -0.25) is 4.99 Å². The van der Waals surface area contributed by atoms with E-state index in [1.165, 1.54) is 11.3 Å². The van der Waals surface area contributed by atoms with Crippen LogP contribution in [0.3, 0.4) is 0 Å². The SMILES string of the molecule is CN=C(NCCc1ccc(C)c(OC)c1)NC1CCN(c2ccccc2)C1. The Morgan fingerprint density at radius 3 is 2.78 bits per heavy atom. The van der Waals surface area contributed by atoms with Crippen LogP contribution in [0.5, 0.6) is 5.75 Å². The first-order valence-electron chi connectivity index (χ1n) is 9.60. The molecule has 0 aromatic heterocycles. The third kappa shape index (κ3) is 5.16. The molecule has 5 nitrogen and oxygen atoms in total. The number of rotatable bonds is 6. The fourth-order valence-corrected chi connectivity index (χ4v) is 3.48. The monoisotopic (exact) mass is 366 g/mol. The van der Waals surface area contributed by atoms with Crippen molar-refractivity contribution in [3.63, 3.8) is 0 Å². The molecule has 0 amide bonds. The van der Waals surface area contributed by atoms with Gasteiger partial charge in [0.2, 0.25) is 0 Å². The molecule has 0 bridgehead atoms. The normalized spacial score (nSPS) is 17.1. The quantitative estimate of drug-likeness (QED) is 0.610. The van der Waals surface area contributed by atoms with Gasteiger partial charge in [-0.15, -0.1) is 0 Å². The van der Waals surface area contributed by atoms with Gasteiger partial charge in [0.05, 0.1) is 7.11 Å². The Morgan fingerprint density at radius 2 is 2.04 bits per heavy atom. The van der Waals surface area contributed by atoms with Crippen LogP contribution >= 0.6 is 0 Å². The van der Waals surface area contributed by atoms with Crippen molar-refractivity contribution >= 4 is 11.6 Å². The maximum Gasteiger partial charge on any atom is 0.191 e. The van der Waals surface area contributed by atoms with E-state index in [0.717, 1.165) is 49.7 Å². The van der Waals surface area contributed by atoms with Crippen molar-refractivity contribution in [1.82, 2.24) is 10.6 Å². The molecule has 0 spiro atoms. The van der Waals surface area contributed by atoms with Gasteiger partial charge in [0, 0.05) is 38.4 Å². The summed E-state index contributed by atoms with van der Waals surface area (Å²) in [4.78, 5) is 6.80. The van der Waals surface area contributed by atoms with Gasteiger partial charge in [-0.25, -0.2) is 0 Å². The summed E-state index contributed by atoms with van der Waals surface area (Å²) in [7, 11) is 3.55. The van der Waals surface area contributed by atoms with Gasteiger partial charge in [-0.2, -0.15) is 0 Å². The maximum absolute atomic E-state index is 5.41. The first-order valence-corrected chi connectivity index (χ1v) is 9.60. The van der Waals surface area contributed by atoms with Gasteiger partial charge in [-0.1, -0.05) is 30.3 Å². The molecule has 1 aliphatic heterocycles. The molecule has 1 saturated heterocycles. The Balaban J connectivity index is 1.46. The zero-order valence-corrected chi connectivity index (χ0v) is 16.5. The Bertz CT molecular complexity index is 760. The number of nitrogens with zero attached hydrogens (tertiary/aromatic N) is 2. The summed E-state index contributed by atoms with van der Waals surface area (Å²) in [5.74, 6) is 1.82. The standard InChI is InChI=1S/C22H30N4O/c1-17-9-10-18(15-21(17)27-3)11-13-24-22(23-2)25-19-12-14-26(16-19)20-7-5-4-6-8-20/h4-10,15,19H,11-14,16H2,1-3H3,(H2,23,24,25). The van der Waals surface area contributed by atoms with Gasteiger partial charge in [-0.05, 0) is 49.1 Å². The van der Waals surface area contributed by atoms with Crippen LogP contribution in [0.1, 0.15) is 17.5 Å². The van der Waals surface area contributed by atoms with Crippen molar-refractivity contribution in [2.24, 2.45) is 4.99 Å². The number of methoxy groups -OCH3 is 1. The van der Waals surface area contributed by atoms with Crippen molar-refractivity contribution in [2.75, 3.05) is 38.7 Å². The Kier molecular flexibility index (Phi) is 6.58. The summed E-state index contributed by atoms with van der Waals surface area (Å²) in [6, 6.07) is 17.4. The van der Waals surface area contributed by atoms with Crippen LogP contribution in [-0.4, -0.2) is 45.8 Å². The molecular formula is C22H30N4O. The summed E-state index contributed by atoms with van der Waals surface area (Å²) < 4.78 is 5.41. The van der Waals surface area contributed by atoms with Crippen molar-refractivity contribution in [3.05, 3.63) is 59.7 Å². The Labute approximate surface area is 162 Å². The number of aliphatic imine (C=N–C) groups is 1.